The van der Waals surface area contributed by atoms with Gasteiger partial charge in [-0.2, -0.15) is 0 Å². The van der Waals surface area contributed by atoms with E-state index in [0.29, 0.717) is 12.2 Å². The fourth-order valence-electron chi connectivity index (χ4n) is 4.12. The van der Waals surface area contributed by atoms with Gasteiger partial charge in [0.05, 0.1) is 6.04 Å². The summed E-state index contributed by atoms with van der Waals surface area (Å²) in [5.74, 6) is 0.116. The van der Waals surface area contributed by atoms with E-state index in [0.717, 1.165) is 25.7 Å². The van der Waals surface area contributed by atoms with Gasteiger partial charge in [0.1, 0.15) is 0 Å². The maximum absolute atomic E-state index is 12.2. The molecule has 2 unspecified atom stereocenters. The molecule has 1 aromatic rings. The summed E-state index contributed by atoms with van der Waals surface area (Å²) in [5, 5.41) is 5.44. The summed E-state index contributed by atoms with van der Waals surface area (Å²) in [6, 6.07) is 0.855. The average Bonchev–Trinajstić information content (AvgIpc) is 2.51. The van der Waals surface area contributed by atoms with Gasteiger partial charge in [0.25, 0.3) is 5.56 Å². The Morgan fingerprint density at radius 1 is 1.46 bits per heavy atom. The fourth-order valence-corrected chi connectivity index (χ4v) is 4.12. The van der Waals surface area contributed by atoms with Crippen LogP contribution in [-0.2, 0) is 4.79 Å². The van der Waals surface area contributed by atoms with Crippen molar-refractivity contribution in [2.45, 2.75) is 59.4 Å². The maximum atomic E-state index is 12.2. The molecule has 2 rings (SSSR count). The predicted molar refractivity (Wildman–Crippen MR) is 98.9 cm³/mol. The lowest BCUT2D eigenvalue weighted by molar-refractivity contribution is 0.0667. The zero-order valence-electron chi connectivity index (χ0n) is 15.8. The summed E-state index contributed by atoms with van der Waals surface area (Å²) >= 11 is 0. The van der Waals surface area contributed by atoms with E-state index in [-0.39, 0.29) is 28.4 Å². The molecule has 1 heterocycles. The number of aromatic nitrogens is 2. The molecule has 26 heavy (non-hydrogen) atoms. The number of hydrogen-bond donors (Lipinski definition) is 3. The lowest BCUT2D eigenvalue weighted by Crippen LogP contribution is -2.47. The van der Waals surface area contributed by atoms with Gasteiger partial charge in [0.15, 0.2) is 0 Å². The molecule has 1 aromatic heterocycles. The first-order valence-electron chi connectivity index (χ1n) is 8.87. The van der Waals surface area contributed by atoms with Crippen LogP contribution in [0.15, 0.2) is 15.9 Å². The Bertz CT molecular complexity index is 766. The summed E-state index contributed by atoms with van der Waals surface area (Å²) < 4.78 is 0. The molecule has 0 aromatic carbocycles. The molecule has 142 valence electrons. The first kappa shape index (κ1) is 19.8. The minimum atomic E-state index is -0.426. The first-order valence-corrected chi connectivity index (χ1v) is 8.87. The molecule has 8 heteroatoms. The van der Waals surface area contributed by atoms with E-state index in [4.69, 9.17) is 0 Å². The lowest BCUT2D eigenvalue weighted by atomic mass is 9.61. The van der Waals surface area contributed by atoms with Crippen LogP contribution in [0, 0.1) is 17.8 Å². The molecule has 1 aliphatic carbocycles. The summed E-state index contributed by atoms with van der Waals surface area (Å²) in [7, 11) is 0. The van der Waals surface area contributed by atoms with E-state index in [1.54, 1.807) is 13.0 Å². The van der Waals surface area contributed by atoms with Crippen LogP contribution in [0.4, 0.5) is 10.7 Å². The summed E-state index contributed by atoms with van der Waals surface area (Å²) in [4.78, 5) is 44.9. The Hall–Kier alpha value is -2.47. The van der Waals surface area contributed by atoms with Gasteiger partial charge in [-0.3, -0.25) is 15.1 Å². The van der Waals surface area contributed by atoms with Crippen molar-refractivity contribution in [3.05, 3.63) is 22.1 Å². The highest BCUT2D eigenvalue weighted by Crippen LogP contribution is 2.48. The van der Waals surface area contributed by atoms with Gasteiger partial charge >= 0.3 is 6.03 Å². The molecule has 2 atom stereocenters. The van der Waals surface area contributed by atoms with Crippen molar-refractivity contribution >= 4 is 18.1 Å². The Morgan fingerprint density at radius 2 is 2.19 bits per heavy atom. The molecule has 0 saturated heterocycles. The van der Waals surface area contributed by atoms with Crippen LogP contribution in [-0.4, -0.2) is 34.7 Å². The predicted octanol–water partition coefficient (Wildman–Crippen LogP) is 2.51. The van der Waals surface area contributed by atoms with Crippen molar-refractivity contribution in [1.29, 1.82) is 0 Å². The number of rotatable bonds is 5. The Labute approximate surface area is 152 Å². The van der Waals surface area contributed by atoms with Crippen molar-refractivity contribution in [3.8, 4) is 0 Å². The number of hydrogen-bond acceptors (Lipinski definition) is 5. The van der Waals surface area contributed by atoms with E-state index in [9.17, 15) is 14.4 Å². The smallest absolute Gasteiger partial charge is 0.321 e. The second-order valence-electron chi connectivity index (χ2n) is 8.02. The number of carbonyl (C=O) groups is 1. The van der Waals surface area contributed by atoms with Crippen LogP contribution in [0.1, 0.15) is 52.1 Å². The molecule has 0 bridgehead atoms. The molecule has 3 N–H and O–H groups in total. The number of aryl methyl sites for hydroxylation is 1. The largest absolute Gasteiger partial charge is 0.337 e. The molecule has 1 saturated carbocycles. The van der Waals surface area contributed by atoms with Crippen LogP contribution in [0.25, 0.3) is 0 Å². The topological polar surface area (TPSA) is 116 Å². The van der Waals surface area contributed by atoms with Gasteiger partial charge in [-0.1, -0.05) is 20.8 Å². The average molecular weight is 361 g/mol. The van der Waals surface area contributed by atoms with Crippen molar-refractivity contribution in [3.63, 3.8) is 0 Å². The second kappa shape index (κ2) is 7.83. The van der Waals surface area contributed by atoms with Gasteiger partial charge in [0.2, 0.25) is 12.0 Å². The first-order chi connectivity index (χ1) is 12.2. The maximum Gasteiger partial charge on any atom is 0.321 e. The molecular formula is C18H27N5O3. The Kier molecular flexibility index (Phi) is 5.97. The van der Waals surface area contributed by atoms with Crippen LogP contribution in [0.3, 0.4) is 0 Å². The van der Waals surface area contributed by atoms with Gasteiger partial charge < -0.3 is 5.32 Å². The quantitative estimate of drug-likeness (QED) is 0.552. The summed E-state index contributed by atoms with van der Waals surface area (Å²) in [5.41, 5.74) is 0.0947. The third kappa shape index (κ3) is 5.26. The number of nitrogens with one attached hydrogen (secondary N) is 3. The molecule has 0 aliphatic heterocycles. The van der Waals surface area contributed by atoms with Crippen molar-refractivity contribution < 1.29 is 9.59 Å². The van der Waals surface area contributed by atoms with Crippen molar-refractivity contribution in [2.75, 3.05) is 11.9 Å². The molecule has 0 radical (unpaired) electrons. The van der Waals surface area contributed by atoms with Gasteiger partial charge in [-0.15, -0.1) is 0 Å². The number of aromatic amines is 1. The second-order valence-corrected chi connectivity index (χ2v) is 8.02. The van der Waals surface area contributed by atoms with Crippen LogP contribution < -0.4 is 16.2 Å². The van der Waals surface area contributed by atoms with E-state index in [1.165, 1.54) is 6.07 Å². The Morgan fingerprint density at radius 3 is 2.81 bits per heavy atom. The van der Waals surface area contributed by atoms with E-state index in [2.05, 4.69) is 46.4 Å². The van der Waals surface area contributed by atoms with E-state index >= 15 is 0 Å². The highest BCUT2D eigenvalue weighted by molar-refractivity contribution is 5.87. The minimum absolute atomic E-state index is 0.0285. The van der Waals surface area contributed by atoms with Crippen molar-refractivity contribution in [2.24, 2.45) is 15.8 Å². The zero-order chi connectivity index (χ0) is 19.4. The molecule has 8 nitrogen and oxygen atoms in total. The van der Waals surface area contributed by atoms with Crippen LogP contribution in [0.2, 0.25) is 0 Å². The molecule has 1 aliphatic rings. The number of amides is 2. The van der Waals surface area contributed by atoms with E-state index < -0.39 is 6.03 Å². The van der Waals surface area contributed by atoms with Gasteiger partial charge in [-0.25, -0.2) is 19.6 Å². The molecule has 1 fully saturated rings. The summed E-state index contributed by atoms with van der Waals surface area (Å²) in [6.07, 6.45) is 5.05. The minimum Gasteiger partial charge on any atom is -0.337 e. The highest BCUT2D eigenvalue weighted by atomic mass is 16.2. The number of nitrogens with zero attached hydrogens (tertiary/aromatic N) is 2. The molecule has 2 amide bonds. The normalized spacial score (nSPS) is 24.4. The number of carbonyl (C=O) groups excluding carboxylic acids is 2. The number of H-pyrrole nitrogens is 1. The highest BCUT2D eigenvalue weighted by Gasteiger charge is 2.43. The monoisotopic (exact) mass is 361 g/mol. The number of urea groups is 1. The van der Waals surface area contributed by atoms with Crippen LogP contribution >= 0.6 is 0 Å². The number of anilines is 1. The SMILES string of the molecule is CCC1(CNC(=O)Nc2nc(C)cc(=O)[nH]2)CC(N=C=O)CC(C)(C)C1. The standard InChI is InChI=1S/C18H27N5O3/c1-5-18(8-13(20-11-24)7-17(3,4)9-18)10-19-16(26)23-15-21-12(2)6-14(25)22-15/h6,13H,5,7-10H2,1-4H3,(H3,19,21,22,23,25,26). The van der Waals surface area contributed by atoms with Crippen LogP contribution in [0.5, 0.6) is 0 Å². The Balaban J connectivity index is 2.05. The van der Waals surface area contributed by atoms with Gasteiger partial charge in [-0.05, 0) is 43.4 Å². The van der Waals surface area contributed by atoms with Gasteiger partial charge in [0, 0.05) is 18.3 Å². The third-order valence-corrected chi connectivity index (χ3v) is 5.02. The fraction of sp³-hybridized carbons (Fsp3) is 0.667. The zero-order valence-corrected chi connectivity index (χ0v) is 15.8. The van der Waals surface area contributed by atoms with Crippen molar-refractivity contribution in [1.82, 2.24) is 15.3 Å². The molecular weight excluding hydrogens is 334 g/mol. The third-order valence-electron chi connectivity index (χ3n) is 5.02. The summed E-state index contributed by atoms with van der Waals surface area (Å²) in [6.45, 7) is 8.54. The van der Waals surface area contributed by atoms with E-state index in [1.807, 2.05) is 0 Å². The number of isocyanates is 1. The number of aliphatic imine (C=N–C) groups is 1. The lowest BCUT2D eigenvalue weighted by Gasteiger charge is -2.47. The molecule has 0 spiro atoms.